The minimum atomic E-state index is -0.837. The molecule has 0 amide bonds. The van der Waals surface area contributed by atoms with Gasteiger partial charge >= 0.3 is 5.97 Å². The molecule has 6 heteroatoms. The molecule has 0 unspecified atom stereocenters. The van der Waals surface area contributed by atoms with E-state index in [9.17, 15) is 9.59 Å². The van der Waals surface area contributed by atoms with Crippen LogP contribution < -0.4 is 0 Å². The first-order chi connectivity index (χ1) is 11.4. The first-order valence-electron chi connectivity index (χ1n) is 8.44. The summed E-state index contributed by atoms with van der Waals surface area (Å²) in [5.41, 5.74) is 0. The number of carbonyl (C=O) groups excluding carboxylic acids is 2. The zero-order valence-corrected chi connectivity index (χ0v) is 13.8. The van der Waals surface area contributed by atoms with E-state index in [1.807, 2.05) is 6.08 Å². The third-order valence-corrected chi connectivity index (χ3v) is 5.35. The highest BCUT2D eigenvalue weighted by molar-refractivity contribution is 5.89. The zero-order chi connectivity index (χ0) is 17.1. The van der Waals surface area contributed by atoms with Crippen LogP contribution in [-0.4, -0.2) is 42.1 Å². The van der Waals surface area contributed by atoms with E-state index in [-0.39, 0.29) is 23.5 Å². The van der Waals surface area contributed by atoms with Gasteiger partial charge in [-0.05, 0) is 38.5 Å². The van der Waals surface area contributed by atoms with Crippen molar-refractivity contribution in [2.24, 2.45) is 17.8 Å². The molecule has 6 nitrogen and oxygen atoms in total. The lowest BCUT2D eigenvalue weighted by Crippen LogP contribution is -2.43. The van der Waals surface area contributed by atoms with Crippen molar-refractivity contribution < 1.29 is 28.5 Å². The van der Waals surface area contributed by atoms with E-state index in [1.54, 1.807) is 19.9 Å². The summed E-state index contributed by atoms with van der Waals surface area (Å²) in [4.78, 5) is 25.2. The summed E-state index contributed by atoms with van der Waals surface area (Å²) in [7, 11) is 0. The van der Waals surface area contributed by atoms with Crippen molar-refractivity contribution in [3.63, 3.8) is 0 Å². The van der Waals surface area contributed by atoms with Crippen molar-refractivity contribution in [1.29, 1.82) is 0 Å². The molecular weight excluding hydrogens is 312 g/mol. The summed E-state index contributed by atoms with van der Waals surface area (Å²) in [6.07, 6.45) is 3.75. The Morgan fingerprint density at radius 3 is 2.75 bits per heavy atom. The molecule has 0 radical (unpaired) electrons. The van der Waals surface area contributed by atoms with Crippen LogP contribution in [0, 0.1) is 17.8 Å². The van der Waals surface area contributed by atoms with Crippen LogP contribution in [0.3, 0.4) is 0 Å². The number of ketones is 1. The number of Topliss-reactive ketones (excluding diaryl/α,β-unsaturated/α-hetero) is 1. The molecule has 0 N–H and O–H groups in total. The van der Waals surface area contributed by atoms with Gasteiger partial charge < -0.3 is 18.9 Å². The largest absolute Gasteiger partial charge is 0.453 e. The van der Waals surface area contributed by atoms with Gasteiger partial charge in [0.25, 0.3) is 0 Å². The normalized spacial score (nSPS) is 47.7. The van der Waals surface area contributed by atoms with Crippen molar-refractivity contribution in [3.05, 3.63) is 24.8 Å². The number of hydrogen-bond donors (Lipinski definition) is 0. The van der Waals surface area contributed by atoms with E-state index in [0.29, 0.717) is 0 Å². The van der Waals surface area contributed by atoms with Gasteiger partial charge in [-0.25, -0.2) is 4.79 Å². The van der Waals surface area contributed by atoms with Crippen LogP contribution in [0.25, 0.3) is 0 Å². The lowest BCUT2D eigenvalue weighted by atomic mass is 9.87. The van der Waals surface area contributed by atoms with Crippen LogP contribution in [-0.2, 0) is 28.5 Å². The van der Waals surface area contributed by atoms with Gasteiger partial charge in [0.2, 0.25) is 0 Å². The summed E-state index contributed by atoms with van der Waals surface area (Å²) in [5.74, 6) is -1.25. The maximum Gasteiger partial charge on any atom is 0.330 e. The molecule has 2 saturated heterocycles. The van der Waals surface area contributed by atoms with Crippen molar-refractivity contribution in [2.45, 2.75) is 57.1 Å². The highest BCUT2D eigenvalue weighted by Crippen LogP contribution is 2.44. The third-order valence-electron chi connectivity index (χ3n) is 5.35. The van der Waals surface area contributed by atoms with Gasteiger partial charge in [-0.3, -0.25) is 4.79 Å². The van der Waals surface area contributed by atoms with Crippen molar-refractivity contribution in [2.75, 3.05) is 0 Å². The maximum absolute atomic E-state index is 13.1. The van der Waals surface area contributed by atoms with Crippen molar-refractivity contribution in [1.82, 2.24) is 0 Å². The van der Waals surface area contributed by atoms with Gasteiger partial charge in [0.05, 0.1) is 0 Å². The SMILES string of the molecule is C=C[C@H]1C[C@H]2/C=C\C(=O)O[C@@H]3[C@H]4OC(C)(C)O[C@H]4O[C@@H]3C(=O)[C@H]2C1. The third kappa shape index (κ3) is 2.53. The number of carbonyl (C=O) groups is 2. The quantitative estimate of drug-likeness (QED) is 0.537. The van der Waals surface area contributed by atoms with E-state index >= 15 is 0 Å². The first-order valence-corrected chi connectivity index (χ1v) is 8.44. The fourth-order valence-electron chi connectivity index (χ4n) is 4.27. The monoisotopic (exact) mass is 334 g/mol. The number of fused-ring (bicyclic) bond motifs is 4. The molecule has 0 aromatic carbocycles. The molecule has 24 heavy (non-hydrogen) atoms. The molecule has 4 rings (SSSR count). The van der Waals surface area contributed by atoms with E-state index in [2.05, 4.69) is 6.58 Å². The smallest absolute Gasteiger partial charge is 0.330 e. The van der Waals surface area contributed by atoms with Crippen LogP contribution in [0.1, 0.15) is 26.7 Å². The van der Waals surface area contributed by atoms with Crippen LogP contribution in [0.15, 0.2) is 24.8 Å². The second kappa shape index (κ2) is 5.51. The molecule has 3 fully saturated rings. The lowest BCUT2D eigenvalue weighted by Gasteiger charge is -2.26. The average Bonchev–Trinajstić information content (AvgIpc) is 3.15. The minimum absolute atomic E-state index is 0.00844. The van der Waals surface area contributed by atoms with Crippen molar-refractivity contribution in [3.8, 4) is 0 Å². The summed E-state index contributed by atoms with van der Waals surface area (Å²) in [5, 5.41) is 0. The first kappa shape index (κ1) is 16.0. The standard InChI is InChI=1S/C18H22O6/c1-4-9-7-10-5-6-12(19)21-15-14(13(20)11(10)8-9)22-17-16(15)23-18(2,3)24-17/h4-6,9-11,14-17H,1,7-8H2,2-3H3/b6-5-/t9-,10+,11-,14+,15-,16+,17+/m0/s1. The second-order valence-corrected chi connectivity index (χ2v) is 7.43. The summed E-state index contributed by atoms with van der Waals surface area (Å²) in [6, 6.07) is 0. The number of rotatable bonds is 1. The Morgan fingerprint density at radius 2 is 2.00 bits per heavy atom. The van der Waals surface area contributed by atoms with Crippen LogP contribution in [0.2, 0.25) is 0 Å². The maximum atomic E-state index is 13.1. The Labute approximate surface area is 140 Å². The van der Waals surface area contributed by atoms with E-state index in [0.717, 1.165) is 12.8 Å². The molecule has 0 aromatic heterocycles. The van der Waals surface area contributed by atoms with E-state index < -0.39 is 36.4 Å². The zero-order valence-electron chi connectivity index (χ0n) is 13.8. The highest BCUT2D eigenvalue weighted by atomic mass is 16.8. The minimum Gasteiger partial charge on any atom is -0.453 e. The molecule has 0 aromatic rings. The Hall–Kier alpha value is -1.50. The Morgan fingerprint density at radius 1 is 1.21 bits per heavy atom. The molecule has 130 valence electrons. The molecule has 1 aliphatic carbocycles. The van der Waals surface area contributed by atoms with Gasteiger partial charge in [-0.1, -0.05) is 12.2 Å². The summed E-state index contributed by atoms with van der Waals surface area (Å²) in [6.45, 7) is 7.37. The molecule has 3 aliphatic heterocycles. The number of esters is 1. The Kier molecular flexibility index (Phi) is 3.67. The summed E-state index contributed by atoms with van der Waals surface area (Å²) < 4.78 is 22.8. The van der Waals surface area contributed by atoms with Crippen LogP contribution in [0.4, 0.5) is 0 Å². The summed E-state index contributed by atoms with van der Waals surface area (Å²) >= 11 is 0. The predicted molar refractivity (Wildman–Crippen MR) is 82.6 cm³/mol. The molecule has 0 bridgehead atoms. The van der Waals surface area contributed by atoms with Crippen LogP contribution in [0.5, 0.6) is 0 Å². The number of hydrogen-bond acceptors (Lipinski definition) is 6. The Bertz CT molecular complexity index is 609. The van der Waals surface area contributed by atoms with Crippen LogP contribution >= 0.6 is 0 Å². The fourth-order valence-corrected chi connectivity index (χ4v) is 4.27. The number of allylic oxidation sites excluding steroid dienone is 2. The topological polar surface area (TPSA) is 71.1 Å². The molecule has 4 aliphatic rings. The van der Waals surface area contributed by atoms with Gasteiger partial charge in [-0.15, -0.1) is 6.58 Å². The second-order valence-electron chi connectivity index (χ2n) is 7.43. The predicted octanol–water partition coefficient (Wildman–Crippen LogP) is 1.74. The highest BCUT2D eigenvalue weighted by Gasteiger charge is 2.60. The van der Waals surface area contributed by atoms with Gasteiger partial charge in [0.15, 0.2) is 36.2 Å². The van der Waals surface area contributed by atoms with Crippen molar-refractivity contribution >= 4 is 11.8 Å². The molecular formula is C18H22O6. The molecule has 1 saturated carbocycles. The average molecular weight is 334 g/mol. The van der Waals surface area contributed by atoms with E-state index in [4.69, 9.17) is 18.9 Å². The van der Waals surface area contributed by atoms with Gasteiger partial charge in [0.1, 0.15) is 0 Å². The Balaban J connectivity index is 1.64. The number of ether oxygens (including phenoxy) is 4. The van der Waals surface area contributed by atoms with Gasteiger partial charge in [-0.2, -0.15) is 0 Å². The molecule has 0 spiro atoms. The fraction of sp³-hybridized carbons (Fsp3) is 0.667. The van der Waals surface area contributed by atoms with Gasteiger partial charge in [0, 0.05) is 12.0 Å². The lowest BCUT2D eigenvalue weighted by molar-refractivity contribution is -0.218. The molecule has 3 heterocycles. The molecule has 7 atom stereocenters. The van der Waals surface area contributed by atoms with E-state index in [1.165, 1.54) is 6.08 Å².